The van der Waals surface area contributed by atoms with Gasteiger partial charge in [0.15, 0.2) is 9.84 Å². The molecule has 0 bridgehead atoms. The lowest BCUT2D eigenvalue weighted by Gasteiger charge is -2.38. The molecule has 118 valence electrons. The number of amides is 1. The van der Waals surface area contributed by atoms with Crippen molar-refractivity contribution in [3.63, 3.8) is 0 Å². The number of piperazine rings is 1. The van der Waals surface area contributed by atoms with Crippen LogP contribution in [0.25, 0.3) is 0 Å². The predicted octanol–water partition coefficient (Wildman–Crippen LogP) is 0.400. The maximum atomic E-state index is 12.4. The fourth-order valence-electron chi connectivity index (χ4n) is 3.12. The highest BCUT2D eigenvalue weighted by atomic mass is 32.2. The summed E-state index contributed by atoms with van der Waals surface area (Å²) in [6.45, 7) is 4.29. The molecule has 2 aliphatic heterocycles. The van der Waals surface area contributed by atoms with Crippen LogP contribution in [0.3, 0.4) is 0 Å². The number of carbonyl (C=O) groups is 1. The predicted molar refractivity (Wildman–Crippen MR) is 79.3 cm³/mol. The van der Waals surface area contributed by atoms with Crippen molar-refractivity contribution in [3.8, 4) is 6.07 Å². The standard InChI is InChI=1S/C14H23N3O3S/c1-2-12(11-15)16-6-8-17(9-7-16)14(18)13-5-3-4-10-21(13,19)20/h12-13H,2-10H2,1H3. The molecular weight excluding hydrogens is 290 g/mol. The molecule has 2 atom stereocenters. The first-order valence-corrected chi connectivity index (χ1v) is 9.35. The molecule has 2 fully saturated rings. The first-order valence-electron chi connectivity index (χ1n) is 7.63. The molecule has 0 N–H and O–H groups in total. The van der Waals surface area contributed by atoms with E-state index >= 15 is 0 Å². The molecule has 6 nitrogen and oxygen atoms in total. The molecule has 2 unspecified atom stereocenters. The lowest BCUT2D eigenvalue weighted by Crippen LogP contribution is -2.55. The van der Waals surface area contributed by atoms with Gasteiger partial charge in [-0.15, -0.1) is 0 Å². The Balaban J connectivity index is 1.96. The minimum atomic E-state index is -3.27. The molecule has 2 rings (SSSR count). The SMILES string of the molecule is CCC(C#N)N1CCN(C(=O)C2CCCCS2(=O)=O)CC1. The van der Waals surface area contributed by atoms with Gasteiger partial charge in [-0.25, -0.2) is 8.42 Å². The van der Waals surface area contributed by atoms with Crippen LogP contribution in [-0.2, 0) is 14.6 Å². The normalized spacial score (nSPS) is 27.8. The summed E-state index contributed by atoms with van der Waals surface area (Å²) in [4.78, 5) is 16.2. The molecule has 1 amide bonds. The second kappa shape index (κ2) is 6.75. The summed E-state index contributed by atoms with van der Waals surface area (Å²) < 4.78 is 24.1. The molecule has 2 heterocycles. The molecule has 0 aromatic carbocycles. The molecule has 21 heavy (non-hydrogen) atoms. The van der Waals surface area contributed by atoms with Gasteiger partial charge in [-0.2, -0.15) is 5.26 Å². The van der Waals surface area contributed by atoms with Crippen LogP contribution in [0.1, 0.15) is 32.6 Å². The maximum absolute atomic E-state index is 12.4. The summed E-state index contributed by atoms with van der Waals surface area (Å²) in [5.74, 6) is -0.102. The number of nitriles is 1. The van der Waals surface area contributed by atoms with E-state index in [0.29, 0.717) is 39.0 Å². The first kappa shape index (κ1) is 16.2. The third-order valence-electron chi connectivity index (χ3n) is 4.46. The van der Waals surface area contributed by atoms with Gasteiger partial charge in [0.05, 0.1) is 17.9 Å². The van der Waals surface area contributed by atoms with E-state index in [0.717, 1.165) is 12.8 Å². The average molecular weight is 313 g/mol. The monoisotopic (exact) mass is 313 g/mol. The van der Waals surface area contributed by atoms with Crippen molar-refractivity contribution >= 4 is 15.7 Å². The fraction of sp³-hybridized carbons (Fsp3) is 0.857. The highest BCUT2D eigenvalue weighted by molar-refractivity contribution is 7.92. The average Bonchev–Trinajstić information content (AvgIpc) is 2.48. The smallest absolute Gasteiger partial charge is 0.240 e. The van der Waals surface area contributed by atoms with E-state index in [1.807, 2.05) is 6.92 Å². The van der Waals surface area contributed by atoms with Gasteiger partial charge in [0.2, 0.25) is 5.91 Å². The van der Waals surface area contributed by atoms with Gasteiger partial charge in [0.1, 0.15) is 5.25 Å². The van der Waals surface area contributed by atoms with Gasteiger partial charge in [0, 0.05) is 26.2 Å². The van der Waals surface area contributed by atoms with Gasteiger partial charge >= 0.3 is 0 Å². The maximum Gasteiger partial charge on any atom is 0.240 e. The number of sulfone groups is 1. The zero-order valence-corrected chi connectivity index (χ0v) is 13.3. The lowest BCUT2D eigenvalue weighted by molar-refractivity contribution is -0.132. The van der Waals surface area contributed by atoms with Crippen LogP contribution in [0.5, 0.6) is 0 Å². The third-order valence-corrected chi connectivity index (χ3v) is 6.62. The summed E-state index contributed by atoms with van der Waals surface area (Å²) in [6.07, 6.45) is 2.70. The van der Waals surface area contributed by atoms with E-state index in [-0.39, 0.29) is 17.7 Å². The zero-order valence-electron chi connectivity index (χ0n) is 12.5. The Labute approximate surface area is 126 Å². The van der Waals surface area contributed by atoms with Crippen molar-refractivity contribution in [2.75, 3.05) is 31.9 Å². The lowest BCUT2D eigenvalue weighted by atomic mass is 10.1. The van der Waals surface area contributed by atoms with E-state index in [4.69, 9.17) is 5.26 Å². The summed E-state index contributed by atoms with van der Waals surface area (Å²) in [5, 5.41) is 8.24. The molecule has 7 heteroatoms. The molecule has 0 spiro atoms. The molecule has 0 aromatic heterocycles. The second-order valence-electron chi connectivity index (χ2n) is 5.77. The number of rotatable bonds is 3. The Morgan fingerprint density at radius 3 is 2.48 bits per heavy atom. The minimum Gasteiger partial charge on any atom is -0.339 e. The Bertz CT molecular complexity index is 518. The Morgan fingerprint density at radius 1 is 1.29 bits per heavy atom. The summed E-state index contributed by atoms with van der Waals surface area (Å²) in [5.41, 5.74) is 0. The summed E-state index contributed by atoms with van der Waals surface area (Å²) >= 11 is 0. The quantitative estimate of drug-likeness (QED) is 0.753. The van der Waals surface area contributed by atoms with E-state index in [2.05, 4.69) is 11.0 Å². The molecule has 0 aliphatic carbocycles. The van der Waals surface area contributed by atoms with Gasteiger partial charge in [0.25, 0.3) is 0 Å². The number of hydrogen-bond donors (Lipinski definition) is 0. The van der Waals surface area contributed by atoms with Crippen molar-refractivity contribution in [1.82, 2.24) is 9.80 Å². The van der Waals surface area contributed by atoms with Crippen LogP contribution >= 0.6 is 0 Å². The second-order valence-corrected chi connectivity index (χ2v) is 8.07. The van der Waals surface area contributed by atoms with Crippen LogP contribution in [0.2, 0.25) is 0 Å². The number of hydrogen-bond acceptors (Lipinski definition) is 5. The largest absolute Gasteiger partial charge is 0.339 e. The molecule has 2 aliphatic rings. The van der Waals surface area contributed by atoms with E-state index in [1.54, 1.807) is 4.90 Å². The Hall–Kier alpha value is -1.13. The topological polar surface area (TPSA) is 81.5 Å². The van der Waals surface area contributed by atoms with Gasteiger partial charge in [-0.1, -0.05) is 13.3 Å². The highest BCUT2D eigenvalue weighted by Crippen LogP contribution is 2.22. The van der Waals surface area contributed by atoms with Crippen LogP contribution in [-0.4, -0.2) is 67.3 Å². The van der Waals surface area contributed by atoms with Gasteiger partial charge in [-0.3, -0.25) is 9.69 Å². The van der Waals surface area contributed by atoms with Gasteiger partial charge < -0.3 is 4.90 Å². The Kier molecular flexibility index (Phi) is 5.22. The summed E-state index contributed by atoms with van der Waals surface area (Å²) in [7, 11) is -3.27. The number of nitrogens with zero attached hydrogens (tertiary/aromatic N) is 3. The Morgan fingerprint density at radius 2 is 1.95 bits per heavy atom. The van der Waals surface area contributed by atoms with Crippen LogP contribution < -0.4 is 0 Å². The molecular formula is C14H23N3O3S. The minimum absolute atomic E-state index is 0.110. The van der Waals surface area contributed by atoms with E-state index in [9.17, 15) is 13.2 Å². The molecule has 2 saturated heterocycles. The zero-order chi connectivity index (χ0) is 15.5. The third kappa shape index (κ3) is 3.55. The fourth-order valence-corrected chi connectivity index (χ4v) is 4.99. The van der Waals surface area contributed by atoms with Gasteiger partial charge in [-0.05, 0) is 19.3 Å². The molecule has 0 saturated carbocycles. The van der Waals surface area contributed by atoms with Crippen molar-refractivity contribution in [2.24, 2.45) is 0 Å². The van der Waals surface area contributed by atoms with E-state index in [1.165, 1.54) is 0 Å². The molecule has 0 radical (unpaired) electrons. The van der Waals surface area contributed by atoms with Crippen molar-refractivity contribution < 1.29 is 13.2 Å². The van der Waals surface area contributed by atoms with Crippen LogP contribution in [0.4, 0.5) is 0 Å². The van der Waals surface area contributed by atoms with Crippen molar-refractivity contribution in [2.45, 2.75) is 43.9 Å². The van der Waals surface area contributed by atoms with E-state index < -0.39 is 15.1 Å². The highest BCUT2D eigenvalue weighted by Gasteiger charge is 2.38. The molecule has 0 aromatic rings. The van der Waals surface area contributed by atoms with Crippen molar-refractivity contribution in [1.29, 1.82) is 5.26 Å². The van der Waals surface area contributed by atoms with Crippen LogP contribution in [0.15, 0.2) is 0 Å². The summed E-state index contributed by atoms with van der Waals surface area (Å²) in [6, 6.07) is 2.16. The number of carbonyl (C=O) groups excluding carboxylic acids is 1. The van der Waals surface area contributed by atoms with Crippen LogP contribution in [0, 0.1) is 11.3 Å². The first-order chi connectivity index (χ1) is 9.99. The van der Waals surface area contributed by atoms with Crippen molar-refractivity contribution in [3.05, 3.63) is 0 Å².